The van der Waals surface area contributed by atoms with Crippen molar-refractivity contribution in [2.45, 2.75) is 19.4 Å². The second-order valence-electron chi connectivity index (χ2n) is 7.23. The number of nitrogens with zero attached hydrogens (tertiary/aromatic N) is 2. The number of rotatable bonds is 5. The van der Waals surface area contributed by atoms with Gasteiger partial charge in [-0.15, -0.1) is 11.3 Å². The van der Waals surface area contributed by atoms with E-state index in [1.54, 1.807) is 18.5 Å². The summed E-state index contributed by atoms with van der Waals surface area (Å²) >= 11 is 7.87. The van der Waals surface area contributed by atoms with Crippen LogP contribution in [-0.2, 0) is 5.60 Å². The van der Waals surface area contributed by atoms with Crippen molar-refractivity contribution in [2.75, 3.05) is 0 Å². The Labute approximate surface area is 178 Å². The zero-order valence-corrected chi connectivity index (χ0v) is 17.5. The third-order valence-corrected chi connectivity index (χ3v) is 6.00. The van der Waals surface area contributed by atoms with Crippen LogP contribution in [0.3, 0.4) is 0 Å². The highest BCUT2D eigenvalue weighted by Crippen LogP contribution is 2.33. The lowest BCUT2D eigenvalue weighted by molar-refractivity contribution is 0.0734. The Morgan fingerprint density at radius 2 is 1.72 bits per heavy atom. The van der Waals surface area contributed by atoms with Gasteiger partial charge >= 0.3 is 0 Å². The maximum atomic E-state index is 10.9. The van der Waals surface area contributed by atoms with E-state index >= 15 is 0 Å². The van der Waals surface area contributed by atoms with Gasteiger partial charge in [-0.2, -0.15) is 5.10 Å². The first-order chi connectivity index (χ1) is 13.9. The Balaban J connectivity index is 1.80. The van der Waals surface area contributed by atoms with Crippen molar-refractivity contribution < 1.29 is 9.90 Å². The van der Waals surface area contributed by atoms with Gasteiger partial charge in [-0.1, -0.05) is 48.0 Å². The average Bonchev–Trinajstić information content (AvgIpc) is 3.36. The summed E-state index contributed by atoms with van der Waals surface area (Å²) in [6.45, 7) is 3.42. The Kier molecular flexibility index (Phi) is 5.13. The van der Waals surface area contributed by atoms with Gasteiger partial charge in [0.2, 0.25) is 0 Å². The Morgan fingerprint density at radius 1 is 1.03 bits per heavy atom. The molecule has 2 aromatic heterocycles. The molecule has 0 spiro atoms. The number of halogens is 1. The van der Waals surface area contributed by atoms with Gasteiger partial charge in [0.25, 0.3) is 0 Å². The second kappa shape index (κ2) is 7.59. The first-order valence-electron chi connectivity index (χ1n) is 9.10. The van der Waals surface area contributed by atoms with E-state index in [0.717, 1.165) is 33.7 Å². The topological polar surface area (TPSA) is 55.1 Å². The Bertz CT molecular complexity index is 1170. The van der Waals surface area contributed by atoms with Crippen LogP contribution < -0.4 is 0 Å². The van der Waals surface area contributed by atoms with E-state index in [2.05, 4.69) is 5.10 Å². The molecule has 2 aromatic carbocycles. The van der Waals surface area contributed by atoms with Gasteiger partial charge in [0.05, 0.1) is 27.0 Å². The molecule has 6 heteroatoms. The number of hydrogen-bond donors (Lipinski definition) is 1. The minimum atomic E-state index is -1.08. The first-order valence-corrected chi connectivity index (χ1v) is 10.3. The lowest BCUT2D eigenvalue weighted by atomic mass is 10.0. The number of benzene rings is 2. The molecule has 0 radical (unpaired) electrons. The lowest BCUT2D eigenvalue weighted by Crippen LogP contribution is -2.16. The molecular formula is C23H19ClN2O2S. The molecular weight excluding hydrogens is 404 g/mol. The Hall–Kier alpha value is -2.73. The molecule has 29 heavy (non-hydrogen) atoms. The van der Waals surface area contributed by atoms with E-state index in [1.807, 2.05) is 66.7 Å². The molecule has 0 bridgehead atoms. The number of carbonyl (C=O) groups is 1. The molecule has 0 aliphatic carbocycles. The summed E-state index contributed by atoms with van der Waals surface area (Å²) in [5.41, 5.74) is 3.05. The summed E-state index contributed by atoms with van der Waals surface area (Å²) < 4.78 is 1.76. The largest absolute Gasteiger partial charge is 0.384 e. The SMILES string of the molecule is CC(C)(O)c1cc(-c2ccc(-c3ccc(C=O)s3)cc2)n(-c2ccccc2Cl)n1. The predicted octanol–water partition coefficient (Wildman–Crippen LogP) is 5.96. The third-order valence-electron chi connectivity index (χ3n) is 4.62. The molecule has 0 saturated carbocycles. The quantitative estimate of drug-likeness (QED) is 0.403. The monoisotopic (exact) mass is 422 g/mol. The zero-order valence-electron chi connectivity index (χ0n) is 16.0. The summed E-state index contributed by atoms with van der Waals surface area (Å²) in [6.07, 6.45) is 0.864. The zero-order chi connectivity index (χ0) is 20.6. The van der Waals surface area contributed by atoms with Crippen LogP contribution in [0, 0.1) is 0 Å². The van der Waals surface area contributed by atoms with Crippen molar-refractivity contribution in [1.29, 1.82) is 0 Å². The minimum absolute atomic E-state index is 0.561. The fraction of sp³-hybridized carbons (Fsp3) is 0.130. The number of carbonyl (C=O) groups excluding carboxylic acids is 1. The third kappa shape index (κ3) is 3.90. The molecule has 1 N–H and O–H groups in total. The normalized spacial score (nSPS) is 11.6. The summed E-state index contributed by atoms with van der Waals surface area (Å²) in [5.74, 6) is 0. The maximum Gasteiger partial charge on any atom is 0.160 e. The van der Waals surface area contributed by atoms with Crippen molar-refractivity contribution in [2.24, 2.45) is 0 Å². The summed E-state index contributed by atoms with van der Waals surface area (Å²) in [7, 11) is 0. The van der Waals surface area contributed by atoms with Gasteiger partial charge in [0.15, 0.2) is 6.29 Å². The molecule has 4 rings (SSSR count). The van der Waals surface area contributed by atoms with Crippen molar-refractivity contribution >= 4 is 29.2 Å². The standard InChI is InChI=1S/C23H19ClN2O2S/c1-23(2,28)22-13-20(26(25-22)19-6-4-3-5-18(19)24)15-7-9-16(10-8-15)21-12-11-17(14-27)29-21/h3-14,28H,1-2H3. The molecule has 4 aromatic rings. The van der Waals surface area contributed by atoms with Crippen LogP contribution in [0.2, 0.25) is 5.02 Å². The van der Waals surface area contributed by atoms with Crippen LogP contribution in [0.15, 0.2) is 66.7 Å². The van der Waals surface area contributed by atoms with E-state index in [9.17, 15) is 9.90 Å². The van der Waals surface area contributed by atoms with Crippen molar-refractivity contribution in [3.05, 3.63) is 82.3 Å². The molecule has 0 saturated heterocycles. The molecule has 0 aliphatic heterocycles. The van der Waals surface area contributed by atoms with Crippen molar-refractivity contribution in [3.8, 4) is 27.4 Å². The number of aldehydes is 1. The van der Waals surface area contributed by atoms with Gasteiger partial charge in [0.1, 0.15) is 5.60 Å². The van der Waals surface area contributed by atoms with Crippen LogP contribution in [0.25, 0.3) is 27.4 Å². The van der Waals surface area contributed by atoms with E-state index in [4.69, 9.17) is 11.6 Å². The number of hydrogen-bond acceptors (Lipinski definition) is 4. The number of para-hydroxylation sites is 1. The van der Waals surface area contributed by atoms with Crippen LogP contribution in [0.1, 0.15) is 29.2 Å². The molecule has 0 fully saturated rings. The molecule has 0 amide bonds. The van der Waals surface area contributed by atoms with E-state index < -0.39 is 5.60 Å². The van der Waals surface area contributed by atoms with E-state index in [-0.39, 0.29) is 0 Å². The van der Waals surface area contributed by atoms with Gasteiger partial charge in [-0.3, -0.25) is 4.79 Å². The fourth-order valence-corrected chi connectivity index (χ4v) is 4.11. The minimum Gasteiger partial charge on any atom is -0.384 e. The molecule has 4 nitrogen and oxygen atoms in total. The fourth-order valence-electron chi connectivity index (χ4n) is 3.07. The highest BCUT2D eigenvalue weighted by atomic mass is 35.5. The average molecular weight is 423 g/mol. The summed E-state index contributed by atoms with van der Waals surface area (Å²) in [4.78, 5) is 12.7. The van der Waals surface area contributed by atoms with E-state index in [1.165, 1.54) is 11.3 Å². The predicted molar refractivity (Wildman–Crippen MR) is 118 cm³/mol. The highest BCUT2D eigenvalue weighted by Gasteiger charge is 2.23. The molecule has 0 aliphatic rings. The molecule has 146 valence electrons. The number of aromatic nitrogens is 2. The number of thiophene rings is 1. The van der Waals surface area contributed by atoms with Crippen LogP contribution in [0.4, 0.5) is 0 Å². The molecule has 0 unspecified atom stereocenters. The highest BCUT2D eigenvalue weighted by molar-refractivity contribution is 7.17. The first kappa shape index (κ1) is 19.6. The van der Waals surface area contributed by atoms with Gasteiger partial charge in [-0.25, -0.2) is 4.68 Å². The Morgan fingerprint density at radius 3 is 2.34 bits per heavy atom. The van der Waals surface area contributed by atoms with Gasteiger partial charge in [0, 0.05) is 10.4 Å². The van der Waals surface area contributed by atoms with Gasteiger partial charge in [-0.05, 0) is 49.7 Å². The smallest absolute Gasteiger partial charge is 0.160 e. The maximum absolute atomic E-state index is 10.9. The van der Waals surface area contributed by atoms with Crippen LogP contribution >= 0.6 is 22.9 Å². The molecule has 2 heterocycles. The van der Waals surface area contributed by atoms with E-state index in [0.29, 0.717) is 15.6 Å². The summed E-state index contributed by atoms with van der Waals surface area (Å²) in [6, 6.07) is 21.2. The number of aliphatic hydroxyl groups is 1. The van der Waals surface area contributed by atoms with Crippen LogP contribution in [-0.4, -0.2) is 21.2 Å². The second-order valence-corrected chi connectivity index (χ2v) is 8.76. The van der Waals surface area contributed by atoms with Crippen molar-refractivity contribution in [1.82, 2.24) is 9.78 Å². The lowest BCUT2D eigenvalue weighted by Gasteiger charge is -2.13. The summed E-state index contributed by atoms with van der Waals surface area (Å²) in [5, 5.41) is 15.7. The van der Waals surface area contributed by atoms with Gasteiger partial charge < -0.3 is 5.11 Å². The van der Waals surface area contributed by atoms with Crippen LogP contribution in [0.5, 0.6) is 0 Å². The molecule has 0 atom stereocenters. The van der Waals surface area contributed by atoms with Crippen molar-refractivity contribution in [3.63, 3.8) is 0 Å².